The van der Waals surface area contributed by atoms with Crippen molar-refractivity contribution in [2.24, 2.45) is 0 Å². The minimum absolute atomic E-state index is 0.245. The quantitative estimate of drug-likeness (QED) is 0.439. The predicted octanol–water partition coefficient (Wildman–Crippen LogP) is 4.77. The molecular weight excluding hydrogens is 545 g/mol. The summed E-state index contributed by atoms with van der Waals surface area (Å²) >= 11 is 2.23. The molecule has 0 saturated carbocycles. The van der Waals surface area contributed by atoms with Crippen molar-refractivity contribution < 1.29 is 9.53 Å². The van der Waals surface area contributed by atoms with Gasteiger partial charge in [-0.1, -0.05) is 0 Å². The summed E-state index contributed by atoms with van der Waals surface area (Å²) < 4.78 is 8.30. The zero-order valence-electron chi connectivity index (χ0n) is 20.0. The Balaban J connectivity index is 1.37. The van der Waals surface area contributed by atoms with Crippen LogP contribution in [0.1, 0.15) is 27.7 Å². The van der Waals surface area contributed by atoms with Gasteiger partial charge in [-0.2, -0.15) is 5.10 Å². The Morgan fingerprint density at radius 3 is 2.44 bits per heavy atom. The highest BCUT2D eigenvalue weighted by atomic mass is 127. The minimum atomic E-state index is -0.476. The van der Waals surface area contributed by atoms with Crippen molar-refractivity contribution in [2.45, 2.75) is 39.8 Å². The van der Waals surface area contributed by atoms with Crippen molar-refractivity contribution >= 4 is 46.0 Å². The molecule has 3 heterocycles. The summed E-state index contributed by atoms with van der Waals surface area (Å²) in [6, 6.07) is 10.1. The van der Waals surface area contributed by atoms with Crippen LogP contribution < -0.4 is 10.2 Å². The second kappa shape index (κ2) is 10.2. The standard InChI is InChI=1S/C24H30IN7O2/c1-5-32-16-19(21(25)29-32)20-10-11-26-22(28-20)27-17-6-8-18(9-7-17)30-12-14-31(15-13-30)23(33)34-24(2,3)4/h6-11,16H,5,12-15H2,1-4H3,(H,26,27,28). The average Bonchev–Trinajstić information content (AvgIpc) is 3.19. The van der Waals surface area contributed by atoms with Crippen LogP contribution in [-0.4, -0.2) is 62.5 Å². The van der Waals surface area contributed by atoms with Crippen molar-refractivity contribution in [2.75, 3.05) is 36.4 Å². The fraction of sp³-hybridized carbons (Fsp3) is 0.417. The number of nitrogens with zero attached hydrogens (tertiary/aromatic N) is 6. The normalized spacial score (nSPS) is 14.3. The van der Waals surface area contributed by atoms with Gasteiger partial charge in [-0.3, -0.25) is 4.68 Å². The molecule has 0 radical (unpaired) electrons. The minimum Gasteiger partial charge on any atom is -0.444 e. The second-order valence-electron chi connectivity index (χ2n) is 9.08. The lowest BCUT2D eigenvalue weighted by molar-refractivity contribution is 0.0240. The van der Waals surface area contributed by atoms with E-state index in [0.29, 0.717) is 19.0 Å². The molecule has 1 N–H and O–H groups in total. The summed E-state index contributed by atoms with van der Waals surface area (Å²) in [6.07, 6.45) is 3.51. The Morgan fingerprint density at radius 2 is 1.82 bits per heavy atom. The van der Waals surface area contributed by atoms with Crippen LogP contribution in [0.4, 0.5) is 22.1 Å². The molecule has 0 atom stereocenters. The molecule has 0 aliphatic carbocycles. The number of benzene rings is 1. The van der Waals surface area contributed by atoms with E-state index in [1.807, 2.05) is 49.8 Å². The first-order chi connectivity index (χ1) is 16.2. The molecule has 1 aliphatic heterocycles. The number of nitrogens with one attached hydrogen (secondary N) is 1. The van der Waals surface area contributed by atoms with Gasteiger partial charge in [0, 0.05) is 56.5 Å². The molecule has 2 aromatic heterocycles. The molecule has 1 fully saturated rings. The van der Waals surface area contributed by atoms with Crippen LogP contribution >= 0.6 is 22.6 Å². The SMILES string of the molecule is CCn1cc(-c2ccnc(Nc3ccc(N4CCN(C(=O)OC(C)(C)C)CC4)cc3)n2)c(I)n1. The zero-order valence-corrected chi connectivity index (χ0v) is 22.1. The van der Waals surface area contributed by atoms with E-state index < -0.39 is 5.60 Å². The van der Waals surface area contributed by atoms with Crippen LogP contribution in [-0.2, 0) is 11.3 Å². The maximum atomic E-state index is 12.3. The Labute approximate surface area is 213 Å². The maximum absolute atomic E-state index is 12.3. The van der Waals surface area contributed by atoms with Crippen molar-refractivity contribution in [1.82, 2.24) is 24.6 Å². The summed E-state index contributed by atoms with van der Waals surface area (Å²) in [6.45, 7) is 11.4. The van der Waals surface area contributed by atoms with Crippen LogP contribution in [0.25, 0.3) is 11.3 Å². The highest BCUT2D eigenvalue weighted by molar-refractivity contribution is 14.1. The molecule has 0 spiro atoms. The third-order valence-corrected chi connectivity index (χ3v) is 6.19. The first-order valence-corrected chi connectivity index (χ1v) is 12.5. The van der Waals surface area contributed by atoms with Gasteiger partial charge < -0.3 is 19.9 Å². The van der Waals surface area contributed by atoms with E-state index >= 15 is 0 Å². The van der Waals surface area contributed by atoms with E-state index in [4.69, 9.17) is 4.74 Å². The Morgan fingerprint density at radius 1 is 1.12 bits per heavy atom. The molecule has 34 heavy (non-hydrogen) atoms. The molecule has 1 saturated heterocycles. The lowest BCUT2D eigenvalue weighted by Crippen LogP contribution is -2.50. The summed E-state index contributed by atoms with van der Waals surface area (Å²) in [5.74, 6) is 0.538. The predicted molar refractivity (Wildman–Crippen MR) is 141 cm³/mol. The van der Waals surface area contributed by atoms with Gasteiger partial charge in [0.25, 0.3) is 0 Å². The molecule has 1 aliphatic rings. The van der Waals surface area contributed by atoms with Gasteiger partial charge in [0.1, 0.15) is 9.30 Å². The van der Waals surface area contributed by atoms with Gasteiger partial charge in [-0.15, -0.1) is 0 Å². The number of hydrogen-bond acceptors (Lipinski definition) is 7. The molecule has 1 amide bonds. The Hall–Kier alpha value is -2.89. The van der Waals surface area contributed by atoms with Crippen LogP contribution in [0.15, 0.2) is 42.7 Å². The number of piperazine rings is 1. The molecule has 3 aromatic rings. The van der Waals surface area contributed by atoms with Crippen LogP contribution in [0.5, 0.6) is 0 Å². The topological polar surface area (TPSA) is 88.4 Å². The fourth-order valence-electron chi connectivity index (χ4n) is 3.66. The third kappa shape index (κ3) is 5.96. The van der Waals surface area contributed by atoms with E-state index in [1.165, 1.54) is 0 Å². The number of aryl methyl sites for hydroxylation is 1. The van der Waals surface area contributed by atoms with Crippen molar-refractivity contribution in [3.05, 3.63) is 46.4 Å². The van der Waals surface area contributed by atoms with E-state index in [-0.39, 0.29) is 6.09 Å². The van der Waals surface area contributed by atoms with Gasteiger partial charge in [0.05, 0.1) is 11.3 Å². The lowest BCUT2D eigenvalue weighted by Gasteiger charge is -2.36. The number of ether oxygens (including phenoxy) is 1. The molecule has 10 heteroatoms. The lowest BCUT2D eigenvalue weighted by atomic mass is 10.2. The molecule has 180 valence electrons. The van der Waals surface area contributed by atoms with E-state index in [1.54, 1.807) is 11.1 Å². The summed E-state index contributed by atoms with van der Waals surface area (Å²) in [4.78, 5) is 25.4. The highest BCUT2D eigenvalue weighted by Crippen LogP contribution is 2.25. The summed E-state index contributed by atoms with van der Waals surface area (Å²) in [5.41, 5.74) is 3.38. The molecule has 0 unspecified atom stereocenters. The van der Waals surface area contributed by atoms with Crippen molar-refractivity contribution in [1.29, 1.82) is 0 Å². The Kier molecular flexibility index (Phi) is 7.24. The van der Waals surface area contributed by atoms with Crippen molar-refractivity contribution in [3.8, 4) is 11.3 Å². The number of carbonyl (C=O) groups is 1. The average molecular weight is 575 g/mol. The van der Waals surface area contributed by atoms with Gasteiger partial charge in [-0.05, 0) is 80.6 Å². The van der Waals surface area contributed by atoms with Crippen LogP contribution in [0.2, 0.25) is 0 Å². The second-order valence-corrected chi connectivity index (χ2v) is 10.1. The summed E-state index contributed by atoms with van der Waals surface area (Å²) in [5, 5.41) is 7.78. The summed E-state index contributed by atoms with van der Waals surface area (Å²) in [7, 11) is 0. The zero-order chi connectivity index (χ0) is 24.3. The van der Waals surface area contributed by atoms with Gasteiger partial charge in [-0.25, -0.2) is 14.8 Å². The first-order valence-electron chi connectivity index (χ1n) is 11.4. The largest absolute Gasteiger partial charge is 0.444 e. The molecular formula is C24H30IN7O2. The molecule has 0 bridgehead atoms. The molecule has 1 aromatic carbocycles. The van der Waals surface area contributed by atoms with Crippen LogP contribution in [0.3, 0.4) is 0 Å². The number of halogens is 1. The van der Waals surface area contributed by atoms with Gasteiger partial charge in [0.2, 0.25) is 5.95 Å². The van der Waals surface area contributed by atoms with E-state index in [9.17, 15) is 4.79 Å². The van der Waals surface area contributed by atoms with E-state index in [0.717, 1.165) is 46.0 Å². The monoisotopic (exact) mass is 575 g/mol. The maximum Gasteiger partial charge on any atom is 0.410 e. The fourth-order valence-corrected chi connectivity index (χ4v) is 4.35. The van der Waals surface area contributed by atoms with Gasteiger partial charge >= 0.3 is 6.09 Å². The number of rotatable bonds is 5. The van der Waals surface area contributed by atoms with Crippen LogP contribution in [0, 0.1) is 3.70 Å². The highest BCUT2D eigenvalue weighted by Gasteiger charge is 2.26. The molecule has 4 rings (SSSR count). The number of anilines is 3. The third-order valence-electron chi connectivity index (χ3n) is 5.39. The number of hydrogen-bond donors (Lipinski definition) is 1. The Bertz CT molecular complexity index is 1130. The van der Waals surface area contributed by atoms with Gasteiger partial charge in [0.15, 0.2) is 0 Å². The van der Waals surface area contributed by atoms with Crippen molar-refractivity contribution in [3.63, 3.8) is 0 Å². The smallest absolute Gasteiger partial charge is 0.410 e. The number of aromatic nitrogens is 4. The molecule has 9 nitrogen and oxygen atoms in total. The number of carbonyl (C=O) groups excluding carboxylic acids is 1. The first kappa shape index (κ1) is 24.2. The number of amides is 1. The van der Waals surface area contributed by atoms with E-state index in [2.05, 4.69) is 66.9 Å².